The first-order valence-corrected chi connectivity index (χ1v) is 10.1. The van der Waals surface area contributed by atoms with Gasteiger partial charge in [0.05, 0.1) is 17.8 Å². The molecule has 2 heterocycles. The van der Waals surface area contributed by atoms with Gasteiger partial charge in [-0.2, -0.15) is 0 Å². The average Bonchev–Trinajstić information content (AvgIpc) is 2.76. The Morgan fingerprint density at radius 2 is 1.68 bits per heavy atom. The molecular formula is C24H28N2O2. The van der Waals surface area contributed by atoms with Crippen molar-refractivity contribution in [2.24, 2.45) is 5.41 Å². The first kappa shape index (κ1) is 18.9. The summed E-state index contributed by atoms with van der Waals surface area (Å²) < 4.78 is 5.86. The van der Waals surface area contributed by atoms with E-state index in [0.717, 1.165) is 55.9 Å². The number of nitrogens with zero attached hydrogens (tertiary/aromatic N) is 2. The third-order valence-corrected chi connectivity index (χ3v) is 5.94. The zero-order valence-corrected chi connectivity index (χ0v) is 16.3. The maximum absolute atomic E-state index is 10.0. The van der Waals surface area contributed by atoms with Crippen molar-refractivity contribution in [3.63, 3.8) is 0 Å². The fraction of sp³-hybridized carbons (Fsp3) is 0.375. The van der Waals surface area contributed by atoms with Crippen LogP contribution < -0.4 is 4.74 Å². The maximum Gasteiger partial charge on any atom is 0.119 e. The van der Waals surface area contributed by atoms with Crippen molar-refractivity contribution in [2.45, 2.75) is 25.8 Å². The number of benzene rings is 2. The predicted octanol–water partition coefficient (Wildman–Crippen LogP) is 4.28. The molecule has 0 unspecified atom stereocenters. The second-order valence-corrected chi connectivity index (χ2v) is 7.84. The summed E-state index contributed by atoms with van der Waals surface area (Å²) in [7, 11) is 0. The molecule has 0 amide bonds. The zero-order chi connectivity index (χ0) is 19.2. The highest BCUT2D eigenvalue weighted by atomic mass is 16.5. The van der Waals surface area contributed by atoms with Gasteiger partial charge in [0.15, 0.2) is 0 Å². The van der Waals surface area contributed by atoms with Crippen LogP contribution in [0.2, 0.25) is 0 Å². The Labute approximate surface area is 166 Å². The Balaban J connectivity index is 1.30. The first-order valence-electron chi connectivity index (χ1n) is 10.1. The second-order valence-electron chi connectivity index (χ2n) is 7.84. The van der Waals surface area contributed by atoms with E-state index in [0.29, 0.717) is 6.61 Å². The lowest BCUT2D eigenvalue weighted by atomic mass is 9.76. The van der Waals surface area contributed by atoms with Gasteiger partial charge in [-0.25, -0.2) is 0 Å². The first-order chi connectivity index (χ1) is 13.8. The summed E-state index contributed by atoms with van der Waals surface area (Å²) >= 11 is 0. The highest BCUT2D eigenvalue weighted by molar-refractivity contribution is 5.78. The number of aliphatic hydroxyl groups excluding tert-OH is 1. The van der Waals surface area contributed by atoms with Crippen molar-refractivity contribution in [1.82, 2.24) is 9.88 Å². The van der Waals surface area contributed by atoms with Gasteiger partial charge in [-0.05, 0) is 62.0 Å². The number of likely N-dealkylation sites (tertiary alicyclic amines) is 1. The number of piperidine rings is 1. The fourth-order valence-electron chi connectivity index (χ4n) is 4.00. The fourth-order valence-corrected chi connectivity index (χ4v) is 4.00. The monoisotopic (exact) mass is 376 g/mol. The smallest absolute Gasteiger partial charge is 0.119 e. The highest BCUT2D eigenvalue weighted by Gasteiger charge is 2.34. The Kier molecular flexibility index (Phi) is 5.89. The van der Waals surface area contributed by atoms with E-state index in [-0.39, 0.29) is 12.0 Å². The van der Waals surface area contributed by atoms with Crippen molar-refractivity contribution in [1.29, 1.82) is 0 Å². The quantitative estimate of drug-likeness (QED) is 0.669. The summed E-state index contributed by atoms with van der Waals surface area (Å²) in [5.41, 5.74) is 2.14. The normalized spacial score (nSPS) is 16.9. The number of hydrogen-bond acceptors (Lipinski definition) is 4. The van der Waals surface area contributed by atoms with Crippen molar-refractivity contribution < 1.29 is 9.84 Å². The molecule has 1 saturated heterocycles. The number of ether oxygens (including phenoxy) is 1. The van der Waals surface area contributed by atoms with Crippen LogP contribution in [0.25, 0.3) is 10.9 Å². The molecule has 3 aromatic rings. The van der Waals surface area contributed by atoms with E-state index < -0.39 is 0 Å². The molecule has 4 nitrogen and oxygen atoms in total. The van der Waals surface area contributed by atoms with Gasteiger partial charge in [0.1, 0.15) is 5.75 Å². The van der Waals surface area contributed by atoms with Gasteiger partial charge in [-0.15, -0.1) is 0 Å². The Morgan fingerprint density at radius 1 is 0.929 bits per heavy atom. The van der Waals surface area contributed by atoms with Gasteiger partial charge >= 0.3 is 0 Å². The summed E-state index contributed by atoms with van der Waals surface area (Å²) in [6, 6.07) is 22.4. The minimum absolute atomic E-state index is 0.0257. The average molecular weight is 377 g/mol. The molecule has 0 atom stereocenters. The number of para-hydroxylation sites is 2. The van der Waals surface area contributed by atoms with E-state index in [4.69, 9.17) is 9.72 Å². The van der Waals surface area contributed by atoms with Crippen LogP contribution in [-0.2, 0) is 6.54 Å². The van der Waals surface area contributed by atoms with Crippen LogP contribution in [0.5, 0.6) is 5.75 Å². The molecule has 2 aromatic carbocycles. The van der Waals surface area contributed by atoms with Crippen molar-refractivity contribution in [3.05, 3.63) is 72.4 Å². The molecule has 1 N–H and O–H groups in total. The van der Waals surface area contributed by atoms with Crippen LogP contribution in [-0.4, -0.2) is 41.3 Å². The van der Waals surface area contributed by atoms with Gasteiger partial charge in [0.25, 0.3) is 0 Å². The third kappa shape index (κ3) is 4.51. The summed E-state index contributed by atoms with van der Waals surface area (Å²) in [6.45, 7) is 3.72. The number of pyridine rings is 1. The lowest BCUT2D eigenvalue weighted by Crippen LogP contribution is -2.42. The van der Waals surface area contributed by atoms with Crippen molar-refractivity contribution in [3.8, 4) is 5.75 Å². The standard InChI is InChI=1S/C24H28N2O2/c27-19-24(14-17-28-22-7-2-1-3-8-22)12-15-26(16-13-24)18-21-11-10-20-6-4-5-9-23(20)25-21/h1-11,27H,12-19H2. The van der Waals surface area contributed by atoms with Crippen LogP contribution >= 0.6 is 0 Å². The number of rotatable bonds is 7. The van der Waals surface area contributed by atoms with Crippen LogP contribution in [0.4, 0.5) is 0 Å². The number of aromatic nitrogens is 1. The third-order valence-electron chi connectivity index (χ3n) is 5.94. The highest BCUT2D eigenvalue weighted by Crippen LogP contribution is 2.35. The Bertz CT molecular complexity index is 889. The summed E-state index contributed by atoms with van der Waals surface area (Å²) in [4.78, 5) is 7.25. The summed E-state index contributed by atoms with van der Waals surface area (Å²) in [5, 5.41) is 11.2. The van der Waals surface area contributed by atoms with Gasteiger partial charge in [0.2, 0.25) is 0 Å². The molecule has 0 radical (unpaired) electrons. The molecular weight excluding hydrogens is 348 g/mol. The Hall–Kier alpha value is -2.43. The van der Waals surface area contributed by atoms with Crippen LogP contribution in [0, 0.1) is 5.41 Å². The summed E-state index contributed by atoms with van der Waals surface area (Å²) in [5.74, 6) is 0.899. The van der Waals surface area contributed by atoms with Crippen LogP contribution in [0.1, 0.15) is 25.0 Å². The second kappa shape index (κ2) is 8.72. The van der Waals surface area contributed by atoms with E-state index in [2.05, 4.69) is 29.2 Å². The molecule has 1 aliphatic heterocycles. The van der Waals surface area contributed by atoms with Crippen LogP contribution in [0.3, 0.4) is 0 Å². The molecule has 4 rings (SSSR count). The number of fused-ring (bicyclic) bond motifs is 1. The molecule has 0 saturated carbocycles. The van der Waals surface area contributed by atoms with Gasteiger partial charge in [-0.1, -0.05) is 42.5 Å². The topological polar surface area (TPSA) is 45.6 Å². The van der Waals surface area contributed by atoms with Gasteiger partial charge in [-0.3, -0.25) is 9.88 Å². The van der Waals surface area contributed by atoms with E-state index in [1.165, 1.54) is 5.39 Å². The number of aliphatic hydroxyl groups is 1. The lowest BCUT2D eigenvalue weighted by molar-refractivity contribution is 0.0240. The molecule has 1 fully saturated rings. The zero-order valence-electron chi connectivity index (χ0n) is 16.3. The SMILES string of the molecule is OCC1(CCOc2ccccc2)CCN(Cc2ccc3ccccc3n2)CC1. The minimum Gasteiger partial charge on any atom is -0.494 e. The lowest BCUT2D eigenvalue weighted by Gasteiger charge is -2.40. The van der Waals surface area contributed by atoms with E-state index in [9.17, 15) is 5.11 Å². The van der Waals surface area contributed by atoms with E-state index >= 15 is 0 Å². The minimum atomic E-state index is -0.0257. The van der Waals surface area contributed by atoms with Crippen molar-refractivity contribution >= 4 is 10.9 Å². The molecule has 28 heavy (non-hydrogen) atoms. The van der Waals surface area contributed by atoms with E-state index in [1.54, 1.807) is 0 Å². The molecule has 1 aliphatic rings. The van der Waals surface area contributed by atoms with Gasteiger partial charge < -0.3 is 9.84 Å². The van der Waals surface area contributed by atoms with Gasteiger partial charge in [0, 0.05) is 18.5 Å². The largest absolute Gasteiger partial charge is 0.494 e. The molecule has 0 bridgehead atoms. The Morgan fingerprint density at radius 3 is 2.46 bits per heavy atom. The maximum atomic E-state index is 10.0. The summed E-state index contributed by atoms with van der Waals surface area (Å²) in [6.07, 6.45) is 2.88. The van der Waals surface area contributed by atoms with Crippen LogP contribution in [0.15, 0.2) is 66.7 Å². The van der Waals surface area contributed by atoms with Crippen molar-refractivity contribution in [2.75, 3.05) is 26.3 Å². The molecule has 146 valence electrons. The van der Waals surface area contributed by atoms with E-state index in [1.807, 2.05) is 42.5 Å². The molecule has 4 heteroatoms. The number of hydrogen-bond donors (Lipinski definition) is 1. The molecule has 0 aliphatic carbocycles. The predicted molar refractivity (Wildman–Crippen MR) is 112 cm³/mol. The molecule has 1 aromatic heterocycles. The molecule has 0 spiro atoms.